The monoisotopic (exact) mass is 535 g/mol. The largest absolute Gasteiger partial charge is 0.490 e. The van der Waals surface area contributed by atoms with E-state index in [0.29, 0.717) is 39.2 Å². The number of ether oxygens (including phenoxy) is 2. The molecule has 0 fully saturated rings. The molecule has 2 heterocycles. The Kier molecular flexibility index (Phi) is 8.47. The number of thioether (sulfide) groups is 1. The highest BCUT2D eigenvalue weighted by Crippen LogP contribution is 2.34. The van der Waals surface area contributed by atoms with Crippen LogP contribution in [0.4, 0.5) is 4.79 Å². The minimum absolute atomic E-state index is 0.138. The van der Waals surface area contributed by atoms with E-state index in [1.807, 2.05) is 42.6 Å². The molecule has 190 valence electrons. The van der Waals surface area contributed by atoms with Crippen LogP contribution in [-0.4, -0.2) is 31.8 Å². The second kappa shape index (κ2) is 11.9. The number of carbonyl (C=O) groups is 2. The zero-order chi connectivity index (χ0) is 26.4. The zero-order valence-corrected chi connectivity index (χ0v) is 22.2. The van der Waals surface area contributed by atoms with Gasteiger partial charge in [-0.1, -0.05) is 29.8 Å². The van der Waals surface area contributed by atoms with Crippen LogP contribution in [0, 0.1) is 6.92 Å². The summed E-state index contributed by atoms with van der Waals surface area (Å²) in [6, 6.07) is 16.4. The number of rotatable bonds is 9. The SMILES string of the molecule is CNC(=O)S/C(C=O)=C(/C)c1ccc(OCCOc2c(-c3cccs3)oc3ccc(C)cc3c2=O)cc1. The Bertz CT molecular complexity index is 1500. The molecule has 0 atom stereocenters. The summed E-state index contributed by atoms with van der Waals surface area (Å²) >= 11 is 2.32. The van der Waals surface area contributed by atoms with Gasteiger partial charge in [0.2, 0.25) is 11.2 Å². The maximum Gasteiger partial charge on any atom is 0.283 e. The molecule has 0 radical (unpaired) electrons. The van der Waals surface area contributed by atoms with Crippen molar-refractivity contribution in [3.63, 3.8) is 0 Å². The molecule has 0 aliphatic rings. The van der Waals surface area contributed by atoms with Crippen LogP contribution in [0.3, 0.4) is 0 Å². The summed E-state index contributed by atoms with van der Waals surface area (Å²) in [6.07, 6.45) is 0.673. The fourth-order valence-corrected chi connectivity index (χ4v) is 4.90. The number of allylic oxidation sites excluding steroid dienone is 2. The number of nitrogens with one attached hydrogen (secondary N) is 1. The lowest BCUT2D eigenvalue weighted by molar-refractivity contribution is -0.104. The second-order valence-corrected chi connectivity index (χ2v) is 10.00. The van der Waals surface area contributed by atoms with Crippen LogP contribution < -0.4 is 20.2 Å². The Labute approximate surface area is 222 Å². The maximum atomic E-state index is 13.3. The average Bonchev–Trinajstić information content (AvgIpc) is 3.45. The second-order valence-electron chi connectivity index (χ2n) is 8.03. The Morgan fingerprint density at radius 3 is 2.54 bits per heavy atom. The van der Waals surface area contributed by atoms with Crippen molar-refractivity contribution in [3.05, 3.63) is 86.2 Å². The predicted molar refractivity (Wildman–Crippen MR) is 149 cm³/mol. The molecule has 2 aromatic heterocycles. The molecule has 0 aliphatic carbocycles. The van der Waals surface area contributed by atoms with E-state index in [2.05, 4.69) is 5.32 Å². The third-order valence-corrected chi connectivity index (χ3v) is 7.40. The summed E-state index contributed by atoms with van der Waals surface area (Å²) in [7, 11) is 1.51. The smallest absolute Gasteiger partial charge is 0.283 e. The van der Waals surface area contributed by atoms with E-state index in [1.54, 1.807) is 31.2 Å². The number of aldehydes is 1. The molecule has 37 heavy (non-hydrogen) atoms. The number of fused-ring (bicyclic) bond motifs is 1. The maximum absolute atomic E-state index is 13.3. The number of hydrogen-bond acceptors (Lipinski definition) is 8. The van der Waals surface area contributed by atoms with Gasteiger partial charge in [-0.2, -0.15) is 0 Å². The van der Waals surface area contributed by atoms with Crippen LogP contribution in [-0.2, 0) is 4.79 Å². The number of benzene rings is 2. The van der Waals surface area contributed by atoms with Gasteiger partial charge in [-0.15, -0.1) is 11.3 Å². The minimum atomic E-state index is -0.306. The molecule has 7 nitrogen and oxygen atoms in total. The van der Waals surface area contributed by atoms with Crippen LogP contribution in [0.15, 0.2) is 74.1 Å². The summed E-state index contributed by atoms with van der Waals surface area (Å²) in [5.74, 6) is 1.17. The van der Waals surface area contributed by atoms with E-state index < -0.39 is 0 Å². The van der Waals surface area contributed by atoms with E-state index >= 15 is 0 Å². The lowest BCUT2D eigenvalue weighted by Crippen LogP contribution is -2.15. The van der Waals surface area contributed by atoms with E-state index in [0.717, 1.165) is 27.8 Å². The molecule has 1 N–H and O–H groups in total. The minimum Gasteiger partial charge on any atom is -0.490 e. The Hall–Kier alpha value is -3.82. The summed E-state index contributed by atoms with van der Waals surface area (Å²) in [6.45, 7) is 4.04. The van der Waals surface area contributed by atoms with Gasteiger partial charge in [-0.05, 0) is 72.5 Å². The topological polar surface area (TPSA) is 94.8 Å². The Morgan fingerprint density at radius 1 is 1.11 bits per heavy atom. The van der Waals surface area contributed by atoms with E-state index in [1.165, 1.54) is 18.4 Å². The first-order valence-electron chi connectivity index (χ1n) is 11.4. The van der Waals surface area contributed by atoms with Crippen molar-refractivity contribution in [1.29, 1.82) is 0 Å². The standard InChI is InChI=1S/C28H25NO6S2/c1-17-6-11-22-21(15-17)25(31)27(26(35-22)23-5-4-14-36-23)34-13-12-33-20-9-7-19(8-10-20)18(2)24(16-30)37-28(32)29-3/h4-11,14-16H,12-13H2,1-3H3,(H,29,32)/b24-18-. The highest BCUT2D eigenvalue weighted by molar-refractivity contribution is 8.17. The molecule has 0 spiro atoms. The van der Waals surface area contributed by atoms with Crippen molar-refractivity contribution in [2.45, 2.75) is 13.8 Å². The number of thiophene rings is 1. The molecule has 4 rings (SSSR count). The van der Waals surface area contributed by atoms with Gasteiger partial charge in [-0.3, -0.25) is 14.4 Å². The third kappa shape index (κ3) is 6.12. The highest BCUT2D eigenvalue weighted by Gasteiger charge is 2.19. The number of aryl methyl sites for hydroxylation is 1. The van der Waals surface area contributed by atoms with E-state index in [-0.39, 0.29) is 29.6 Å². The first kappa shape index (κ1) is 26.2. The summed E-state index contributed by atoms with van der Waals surface area (Å²) < 4.78 is 17.8. The van der Waals surface area contributed by atoms with Crippen molar-refractivity contribution in [1.82, 2.24) is 5.32 Å². The van der Waals surface area contributed by atoms with Gasteiger partial charge in [0, 0.05) is 7.05 Å². The summed E-state index contributed by atoms with van der Waals surface area (Å²) in [4.78, 5) is 37.4. The van der Waals surface area contributed by atoms with Gasteiger partial charge in [-0.25, -0.2) is 0 Å². The van der Waals surface area contributed by atoms with Gasteiger partial charge in [0.25, 0.3) is 5.24 Å². The van der Waals surface area contributed by atoms with Crippen molar-refractivity contribution < 1.29 is 23.5 Å². The van der Waals surface area contributed by atoms with Gasteiger partial charge >= 0.3 is 0 Å². The normalized spacial score (nSPS) is 11.6. The molecule has 0 saturated heterocycles. The predicted octanol–water partition coefficient (Wildman–Crippen LogP) is 6.29. The molecule has 1 amide bonds. The molecular weight excluding hydrogens is 510 g/mol. The van der Waals surface area contributed by atoms with E-state index in [4.69, 9.17) is 13.9 Å². The van der Waals surface area contributed by atoms with Crippen LogP contribution in [0.25, 0.3) is 27.2 Å². The van der Waals surface area contributed by atoms with Crippen LogP contribution in [0.5, 0.6) is 11.5 Å². The molecule has 0 saturated carbocycles. The molecule has 0 unspecified atom stereocenters. The van der Waals surface area contributed by atoms with Gasteiger partial charge in [0.1, 0.15) is 24.5 Å². The first-order chi connectivity index (χ1) is 17.9. The van der Waals surface area contributed by atoms with Crippen LogP contribution in [0.1, 0.15) is 18.1 Å². The lowest BCUT2D eigenvalue weighted by Gasteiger charge is -2.12. The molecule has 0 aliphatic heterocycles. The van der Waals surface area contributed by atoms with Gasteiger partial charge in [0.15, 0.2) is 12.0 Å². The molecule has 4 aromatic rings. The number of amides is 1. The van der Waals surface area contributed by atoms with Gasteiger partial charge in [0.05, 0.1) is 15.2 Å². The zero-order valence-electron chi connectivity index (χ0n) is 20.5. The first-order valence-corrected chi connectivity index (χ1v) is 13.1. The average molecular weight is 536 g/mol. The Morgan fingerprint density at radius 2 is 1.86 bits per heavy atom. The molecule has 0 bridgehead atoms. The lowest BCUT2D eigenvalue weighted by atomic mass is 10.1. The fourth-order valence-electron chi connectivity index (χ4n) is 3.58. The third-order valence-electron chi connectivity index (χ3n) is 5.52. The Balaban J connectivity index is 1.46. The van der Waals surface area contributed by atoms with Crippen molar-refractivity contribution in [2.75, 3.05) is 20.3 Å². The fraction of sp³-hybridized carbons (Fsp3) is 0.179. The number of carbonyl (C=O) groups excluding carboxylic acids is 2. The summed E-state index contributed by atoms with van der Waals surface area (Å²) in [5, 5.41) is 4.57. The van der Waals surface area contributed by atoms with Crippen molar-refractivity contribution in [3.8, 4) is 22.1 Å². The number of hydrogen-bond donors (Lipinski definition) is 1. The summed E-state index contributed by atoms with van der Waals surface area (Å²) in [5.41, 5.74) is 2.74. The highest BCUT2D eigenvalue weighted by atomic mass is 32.2. The van der Waals surface area contributed by atoms with E-state index in [9.17, 15) is 14.4 Å². The molecule has 2 aromatic carbocycles. The van der Waals surface area contributed by atoms with Crippen molar-refractivity contribution >= 4 is 51.2 Å². The van der Waals surface area contributed by atoms with Gasteiger partial charge < -0.3 is 19.2 Å². The van der Waals surface area contributed by atoms with Crippen LogP contribution >= 0.6 is 23.1 Å². The van der Waals surface area contributed by atoms with Crippen molar-refractivity contribution in [2.24, 2.45) is 0 Å². The quantitative estimate of drug-likeness (QED) is 0.153. The molecule has 9 heteroatoms. The van der Waals surface area contributed by atoms with Crippen LogP contribution in [0.2, 0.25) is 0 Å². The molecular formula is C28H25NO6S2.